The molecule has 1 radical (unpaired) electrons. The van der Waals surface area contributed by atoms with Gasteiger partial charge in [0, 0.05) is 10.9 Å². The van der Waals surface area contributed by atoms with Crippen LogP contribution in [0, 0.1) is 17.5 Å². The molecule has 0 saturated heterocycles. The Bertz CT molecular complexity index is 515. The molecule has 0 aliphatic rings. The second-order valence-corrected chi connectivity index (χ2v) is 3.07. The highest BCUT2D eigenvalue weighted by Crippen LogP contribution is 2.22. The van der Waals surface area contributed by atoms with Crippen molar-refractivity contribution < 1.29 is 0 Å². The Morgan fingerprint density at radius 3 is 3.14 bits per heavy atom. The second kappa shape index (κ2) is 3.39. The van der Waals surface area contributed by atoms with Gasteiger partial charge in [0.05, 0.1) is 11.8 Å². The van der Waals surface area contributed by atoms with Crippen LogP contribution in [0.1, 0.15) is 11.1 Å². The van der Waals surface area contributed by atoms with Crippen molar-refractivity contribution in [3.63, 3.8) is 0 Å². The summed E-state index contributed by atoms with van der Waals surface area (Å²) in [5, 5.41) is 9.86. The fourth-order valence-corrected chi connectivity index (χ4v) is 1.60. The Balaban J connectivity index is 2.76. The molecule has 1 aromatic heterocycles. The van der Waals surface area contributed by atoms with E-state index < -0.39 is 0 Å². The van der Waals surface area contributed by atoms with E-state index in [9.17, 15) is 0 Å². The van der Waals surface area contributed by atoms with Crippen molar-refractivity contribution in [2.75, 3.05) is 0 Å². The third-order valence-electron chi connectivity index (χ3n) is 2.20. The van der Waals surface area contributed by atoms with E-state index in [0.29, 0.717) is 5.56 Å². The van der Waals surface area contributed by atoms with Gasteiger partial charge in [-0.2, -0.15) is 5.26 Å². The Morgan fingerprint density at radius 1 is 1.57 bits per heavy atom. The number of hydrogen-bond acceptors (Lipinski definition) is 1. The van der Waals surface area contributed by atoms with Crippen LogP contribution in [0.4, 0.5) is 0 Å². The lowest BCUT2D eigenvalue weighted by atomic mass is 10.0. The molecule has 0 aliphatic carbocycles. The normalized spacial score (nSPS) is 9.93. The van der Waals surface area contributed by atoms with Crippen molar-refractivity contribution in [1.29, 1.82) is 5.26 Å². The Labute approximate surface area is 82.5 Å². The number of rotatable bonds is 2. The molecular weight excluding hydrogens is 172 g/mol. The van der Waals surface area contributed by atoms with Gasteiger partial charge in [-0.15, -0.1) is 6.58 Å². The molecule has 0 unspecified atom stereocenters. The van der Waals surface area contributed by atoms with Gasteiger partial charge >= 0.3 is 0 Å². The van der Waals surface area contributed by atoms with Crippen molar-refractivity contribution in [3.8, 4) is 6.07 Å². The number of benzene rings is 1. The van der Waals surface area contributed by atoms with Crippen LogP contribution in [-0.4, -0.2) is 4.98 Å². The predicted molar refractivity (Wildman–Crippen MR) is 55.8 cm³/mol. The molecule has 0 fully saturated rings. The van der Waals surface area contributed by atoms with Gasteiger partial charge in [0.25, 0.3) is 0 Å². The first kappa shape index (κ1) is 8.58. The number of H-pyrrole nitrogens is 1. The van der Waals surface area contributed by atoms with Crippen molar-refractivity contribution >= 4 is 10.9 Å². The second-order valence-electron chi connectivity index (χ2n) is 3.07. The lowest BCUT2D eigenvalue weighted by Crippen LogP contribution is -1.83. The summed E-state index contributed by atoms with van der Waals surface area (Å²) in [4.78, 5) is 2.96. The highest BCUT2D eigenvalue weighted by atomic mass is 14.7. The standard InChI is InChI=1S/C12H9N2/c1-2-4-9-5-3-6-11-12(9)10(7-13)8-14-11/h2-3,5-6,14H,1,4H2. The monoisotopic (exact) mass is 181 g/mol. The third kappa shape index (κ3) is 1.20. The summed E-state index contributed by atoms with van der Waals surface area (Å²) in [5.74, 6) is 0. The number of hydrogen-bond donors (Lipinski definition) is 1. The van der Waals surface area contributed by atoms with E-state index in [-0.39, 0.29) is 0 Å². The molecule has 2 rings (SSSR count). The molecule has 2 heteroatoms. The predicted octanol–water partition coefficient (Wildman–Crippen LogP) is 2.57. The number of nitrogens with zero attached hydrogens (tertiary/aromatic N) is 1. The lowest BCUT2D eigenvalue weighted by molar-refractivity contribution is 1.31. The minimum absolute atomic E-state index is 0.581. The first-order valence-electron chi connectivity index (χ1n) is 4.39. The fourth-order valence-electron chi connectivity index (χ4n) is 1.60. The summed E-state index contributed by atoms with van der Waals surface area (Å²) in [6, 6.07) is 8.04. The summed E-state index contributed by atoms with van der Waals surface area (Å²) < 4.78 is 0. The van der Waals surface area contributed by atoms with Gasteiger partial charge in [-0.3, -0.25) is 0 Å². The highest BCUT2D eigenvalue weighted by Gasteiger charge is 2.06. The van der Waals surface area contributed by atoms with Crippen LogP contribution in [0.15, 0.2) is 30.9 Å². The maximum Gasteiger partial charge on any atom is 0.102 e. The highest BCUT2D eigenvalue weighted by molar-refractivity contribution is 5.88. The number of aromatic amines is 1. The summed E-state index contributed by atoms with van der Waals surface area (Å²) in [7, 11) is 0. The molecule has 0 aliphatic heterocycles. The molecule has 14 heavy (non-hydrogen) atoms. The molecule has 0 spiro atoms. The number of nitriles is 1. The third-order valence-corrected chi connectivity index (χ3v) is 2.20. The smallest absolute Gasteiger partial charge is 0.102 e. The summed E-state index contributed by atoms with van der Waals surface area (Å²) in [6.45, 7) is 3.70. The molecule has 0 bridgehead atoms. The van der Waals surface area contributed by atoms with Crippen LogP contribution in [0.2, 0.25) is 0 Å². The van der Waals surface area contributed by atoms with Crippen LogP contribution in [-0.2, 0) is 6.42 Å². The lowest BCUT2D eigenvalue weighted by Gasteiger charge is -1.99. The van der Waals surface area contributed by atoms with Crippen LogP contribution >= 0.6 is 0 Å². The fraction of sp³-hybridized carbons (Fsp3) is 0.0833. The number of nitrogens with one attached hydrogen (secondary N) is 1. The Kier molecular flexibility index (Phi) is 2.08. The van der Waals surface area contributed by atoms with E-state index in [0.717, 1.165) is 22.9 Å². The largest absolute Gasteiger partial charge is 0.352 e. The molecular formula is C12H9N2. The molecule has 1 aromatic carbocycles. The molecule has 2 nitrogen and oxygen atoms in total. The topological polar surface area (TPSA) is 39.6 Å². The van der Waals surface area contributed by atoms with Crippen LogP contribution in [0.3, 0.4) is 0 Å². The van der Waals surface area contributed by atoms with E-state index >= 15 is 0 Å². The van der Waals surface area contributed by atoms with Crippen LogP contribution in [0.25, 0.3) is 10.9 Å². The molecule has 0 atom stereocenters. The maximum absolute atomic E-state index is 8.89. The summed E-state index contributed by atoms with van der Waals surface area (Å²) >= 11 is 0. The van der Waals surface area contributed by atoms with E-state index in [2.05, 4.69) is 23.8 Å². The van der Waals surface area contributed by atoms with Crippen molar-refractivity contribution in [2.24, 2.45) is 0 Å². The molecule has 1 N–H and O–H groups in total. The molecule has 2 aromatic rings. The number of fused-ring (bicyclic) bond motifs is 1. The van der Waals surface area contributed by atoms with E-state index in [1.165, 1.54) is 0 Å². The zero-order valence-electron chi connectivity index (χ0n) is 7.67. The quantitative estimate of drug-likeness (QED) is 0.710. The van der Waals surface area contributed by atoms with Gasteiger partial charge in [-0.1, -0.05) is 18.2 Å². The SMILES string of the molecule is C=CCc1cccc2[nH][c]c(C#N)c12. The van der Waals surface area contributed by atoms with Crippen molar-refractivity contribution in [3.05, 3.63) is 48.2 Å². The number of aromatic nitrogens is 1. The van der Waals surface area contributed by atoms with Gasteiger partial charge < -0.3 is 4.98 Å². The average molecular weight is 181 g/mol. The van der Waals surface area contributed by atoms with Crippen LogP contribution < -0.4 is 0 Å². The zero-order chi connectivity index (χ0) is 9.97. The molecule has 0 saturated carbocycles. The zero-order valence-corrected chi connectivity index (χ0v) is 7.67. The van der Waals surface area contributed by atoms with Gasteiger partial charge in [-0.05, 0) is 18.1 Å². The molecule has 0 amide bonds. The number of allylic oxidation sites excluding steroid dienone is 1. The molecule has 67 valence electrons. The summed E-state index contributed by atoms with van der Waals surface area (Å²) in [5.41, 5.74) is 2.66. The van der Waals surface area contributed by atoms with E-state index in [1.54, 1.807) is 0 Å². The minimum atomic E-state index is 0.581. The van der Waals surface area contributed by atoms with Crippen molar-refractivity contribution in [1.82, 2.24) is 4.98 Å². The Hall–Kier alpha value is -2.01. The first-order chi connectivity index (χ1) is 6.86. The van der Waals surface area contributed by atoms with Gasteiger partial charge in [-0.25, -0.2) is 0 Å². The average Bonchev–Trinajstić information content (AvgIpc) is 2.62. The molecule has 1 heterocycles. The van der Waals surface area contributed by atoms with Gasteiger partial charge in [0.15, 0.2) is 0 Å². The minimum Gasteiger partial charge on any atom is -0.352 e. The van der Waals surface area contributed by atoms with E-state index in [1.807, 2.05) is 24.3 Å². The Morgan fingerprint density at radius 2 is 2.43 bits per heavy atom. The maximum atomic E-state index is 8.89. The van der Waals surface area contributed by atoms with Gasteiger partial charge in [0.2, 0.25) is 0 Å². The first-order valence-corrected chi connectivity index (χ1v) is 4.39. The van der Waals surface area contributed by atoms with Gasteiger partial charge in [0.1, 0.15) is 6.07 Å². The van der Waals surface area contributed by atoms with Crippen LogP contribution in [0.5, 0.6) is 0 Å². The van der Waals surface area contributed by atoms with E-state index in [4.69, 9.17) is 5.26 Å². The van der Waals surface area contributed by atoms with Crippen molar-refractivity contribution in [2.45, 2.75) is 6.42 Å². The summed E-state index contributed by atoms with van der Waals surface area (Å²) in [6.07, 6.45) is 5.45.